The fraction of sp³-hybridized carbons (Fsp3) is 0.556. The Balaban J connectivity index is 2.56. The van der Waals surface area contributed by atoms with Gasteiger partial charge in [0.25, 0.3) is 0 Å². The molecule has 1 aliphatic carbocycles. The summed E-state index contributed by atoms with van der Waals surface area (Å²) in [7, 11) is 0. The molecule has 58 valence electrons. The van der Waals surface area contributed by atoms with Crippen molar-refractivity contribution in [3.05, 3.63) is 23.8 Å². The zero-order valence-electron chi connectivity index (χ0n) is 6.96. The van der Waals surface area contributed by atoms with Crippen molar-refractivity contribution in [2.45, 2.75) is 32.1 Å². The van der Waals surface area contributed by atoms with Crippen molar-refractivity contribution >= 4 is 0 Å². The van der Waals surface area contributed by atoms with E-state index in [1.54, 1.807) is 12.4 Å². The zero-order valence-corrected chi connectivity index (χ0v) is 6.96. The van der Waals surface area contributed by atoms with Crippen molar-refractivity contribution in [2.24, 2.45) is 0 Å². The fourth-order valence-corrected chi connectivity index (χ4v) is 1.66. The number of nitrogens with zero attached hydrogens (tertiary/aromatic N) is 2. The molecular formula is C9H12N2. The van der Waals surface area contributed by atoms with Crippen LogP contribution in [0.25, 0.3) is 0 Å². The largest absolute Gasteiger partial charge is 0.258 e. The van der Waals surface area contributed by atoms with E-state index in [9.17, 15) is 0 Å². The third-order valence-corrected chi connectivity index (χ3v) is 2.40. The van der Waals surface area contributed by atoms with Gasteiger partial charge in [0, 0.05) is 17.8 Å². The molecule has 0 aliphatic heterocycles. The van der Waals surface area contributed by atoms with E-state index in [-0.39, 0.29) is 5.41 Å². The lowest BCUT2D eigenvalue weighted by Crippen LogP contribution is -2.13. The van der Waals surface area contributed by atoms with Gasteiger partial charge in [0.05, 0.1) is 11.4 Å². The van der Waals surface area contributed by atoms with Gasteiger partial charge in [0.15, 0.2) is 0 Å². The van der Waals surface area contributed by atoms with E-state index in [1.165, 1.54) is 17.8 Å². The molecule has 0 atom stereocenters. The summed E-state index contributed by atoms with van der Waals surface area (Å²) >= 11 is 0. The van der Waals surface area contributed by atoms with Crippen LogP contribution in [0.4, 0.5) is 0 Å². The van der Waals surface area contributed by atoms with Crippen LogP contribution in [0.15, 0.2) is 12.4 Å². The molecule has 1 aliphatic rings. The molecule has 0 spiro atoms. The van der Waals surface area contributed by atoms with Crippen molar-refractivity contribution in [3.63, 3.8) is 0 Å². The minimum absolute atomic E-state index is 0.254. The zero-order chi connectivity index (χ0) is 7.90. The molecule has 2 nitrogen and oxygen atoms in total. The van der Waals surface area contributed by atoms with Crippen LogP contribution in [0.5, 0.6) is 0 Å². The van der Waals surface area contributed by atoms with Gasteiger partial charge in [-0.2, -0.15) is 0 Å². The molecule has 0 aromatic carbocycles. The Labute approximate surface area is 66.7 Å². The molecule has 0 amide bonds. The van der Waals surface area contributed by atoms with Gasteiger partial charge in [-0.1, -0.05) is 13.8 Å². The Bertz CT molecular complexity index is 279. The predicted molar refractivity (Wildman–Crippen MR) is 43.4 cm³/mol. The van der Waals surface area contributed by atoms with E-state index >= 15 is 0 Å². The topological polar surface area (TPSA) is 25.8 Å². The molecule has 1 aromatic rings. The maximum Gasteiger partial charge on any atom is 0.0674 e. The molecule has 0 saturated heterocycles. The maximum absolute atomic E-state index is 4.35. The molecule has 0 bridgehead atoms. The van der Waals surface area contributed by atoms with Crippen LogP contribution in [0.3, 0.4) is 0 Å². The Morgan fingerprint density at radius 2 is 2.00 bits per heavy atom. The van der Waals surface area contributed by atoms with E-state index in [1.807, 2.05) is 0 Å². The molecule has 1 heterocycles. The highest BCUT2D eigenvalue weighted by Crippen LogP contribution is 2.34. The Hall–Kier alpha value is -0.920. The summed E-state index contributed by atoms with van der Waals surface area (Å²) in [5.41, 5.74) is 2.64. The van der Waals surface area contributed by atoms with Gasteiger partial charge in [-0.05, 0) is 12.8 Å². The van der Waals surface area contributed by atoms with Crippen LogP contribution < -0.4 is 0 Å². The molecule has 0 fully saturated rings. The van der Waals surface area contributed by atoms with Crippen LogP contribution in [0, 0.1) is 0 Å². The first-order valence-corrected chi connectivity index (χ1v) is 4.00. The fourth-order valence-electron chi connectivity index (χ4n) is 1.66. The first-order valence-electron chi connectivity index (χ1n) is 4.00. The van der Waals surface area contributed by atoms with Crippen molar-refractivity contribution in [1.82, 2.24) is 9.97 Å². The van der Waals surface area contributed by atoms with Gasteiger partial charge in [-0.15, -0.1) is 0 Å². The lowest BCUT2D eigenvalue weighted by Gasteiger charge is -2.15. The Morgan fingerprint density at radius 1 is 1.27 bits per heavy atom. The summed E-state index contributed by atoms with van der Waals surface area (Å²) in [5, 5.41) is 0. The molecule has 2 rings (SSSR count). The number of fused-ring (bicyclic) bond motifs is 1. The minimum Gasteiger partial charge on any atom is -0.258 e. The summed E-state index contributed by atoms with van der Waals surface area (Å²) in [6, 6.07) is 0. The third-order valence-electron chi connectivity index (χ3n) is 2.40. The van der Waals surface area contributed by atoms with Gasteiger partial charge >= 0.3 is 0 Å². The number of aryl methyl sites for hydroxylation is 1. The van der Waals surface area contributed by atoms with E-state index in [0.29, 0.717) is 0 Å². The monoisotopic (exact) mass is 148 g/mol. The molecule has 0 unspecified atom stereocenters. The van der Waals surface area contributed by atoms with Crippen molar-refractivity contribution in [3.8, 4) is 0 Å². The first-order chi connectivity index (χ1) is 5.20. The summed E-state index contributed by atoms with van der Waals surface area (Å²) in [6.45, 7) is 4.46. The van der Waals surface area contributed by atoms with Crippen LogP contribution in [0.1, 0.15) is 31.7 Å². The number of hydrogen-bond acceptors (Lipinski definition) is 2. The Kier molecular flexibility index (Phi) is 1.25. The highest BCUT2D eigenvalue weighted by atomic mass is 14.8. The third kappa shape index (κ3) is 0.934. The Morgan fingerprint density at radius 3 is 2.73 bits per heavy atom. The van der Waals surface area contributed by atoms with E-state index < -0.39 is 0 Å². The lowest BCUT2D eigenvalue weighted by atomic mass is 9.91. The van der Waals surface area contributed by atoms with Crippen LogP contribution in [-0.4, -0.2) is 9.97 Å². The van der Waals surface area contributed by atoms with E-state index in [2.05, 4.69) is 23.8 Å². The summed E-state index contributed by atoms with van der Waals surface area (Å²) in [5.74, 6) is 0. The second-order valence-electron chi connectivity index (χ2n) is 3.74. The number of aromatic nitrogens is 2. The lowest BCUT2D eigenvalue weighted by molar-refractivity contribution is 0.509. The predicted octanol–water partition coefficient (Wildman–Crippen LogP) is 1.70. The first kappa shape index (κ1) is 6.77. The van der Waals surface area contributed by atoms with Gasteiger partial charge in [-0.25, -0.2) is 0 Å². The van der Waals surface area contributed by atoms with Gasteiger partial charge in [0.2, 0.25) is 0 Å². The SMILES string of the molecule is CC1(C)CCc2nccnc21. The van der Waals surface area contributed by atoms with Crippen LogP contribution in [0.2, 0.25) is 0 Å². The second kappa shape index (κ2) is 2.03. The molecule has 1 aromatic heterocycles. The minimum atomic E-state index is 0.254. The van der Waals surface area contributed by atoms with Crippen molar-refractivity contribution in [2.75, 3.05) is 0 Å². The normalized spacial score (nSPS) is 19.8. The average molecular weight is 148 g/mol. The van der Waals surface area contributed by atoms with Crippen LogP contribution in [-0.2, 0) is 11.8 Å². The maximum atomic E-state index is 4.35. The molecule has 2 heteroatoms. The van der Waals surface area contributed by atoms with Crippen LogP contribution >= 0.6 is 0 Å². The van der Waals surface area contributed by atoms with Gasteiger partial charge < -0.3 is 0 Å². The molecule has 0 N–H and O–H groups in total. The van der Waals surface area contributed by atoms with E-state index in [0.717, 1.165) is 6.42 Å². The average Bonchev–Trinajstić information content (AvgIpc) is 2.29. The quantitative estimate of drug-likeness (QED) is 0.559. The van der Waals surface area contributed by atoms with Crippen molar-refractivity contribution < 1.29 is 0 Å². The summed E-state index contributed by atoms with van der Waals surface area (Å²) in [6.07, 6.45) is 5.84. The van der Waals surface area contributed by atoms with Gasteiger partial charge in [0.1, 0.15) is 0 Å². The smallest absolute Gasteiger partial charge is 0.0674 e. The molecule has 11 heavy (non-hydrogen) atoms. The highest BCUT2D eigenvalue weighted by molar-refractivity contribution is 5.25. The highest BCUT2D eigenvalue weighted by Gasteiger charge is 2.31. The molecular weight excluding hydrogens is 136 g/mol. The standard InChI is InChI=1S/C9H12N2/c1-9(2)4-3-7-8(9)11-6-5-10-7/h5-6H,3-4H2,1-2H3. The summed E-state index contributed by atoms with van der Waals surface area (Å²) in [4.78, 5) is 8.64. The van der Waals surface area contributed by atoms with Crippen molar-refractivity contribution in [1.29, 1.82) is 0 Å². The van der Waals surface area contributed by atoms with Gasteiger partial charge in [-0.3, -0.25) is 9.97 Å². The molecule has 0 radical (unpaired) electrons. The second-order valence-corrected chi connectivity index (χ2v) is 3.74. The number of hydrogen-bond donors (Lipinski definition) is 0. The summed E-state index contributed by atoms with van der Waals surface area (Å²) < 4.78 is 0. The van der Waals surface area contributed by atoms with E-state index in [4.69, 9.17) is 0 Å². The molecule has 0 saturated carbocycles. The number of rotatable bonds is 0.